The summed E-state index contributed by atoms with van der Waals surface area (Å²) in [6, 6.07) is 9.18. The van der Waals surface area contributed by atoms with E-state index < -0.39 is 10.8 Å². The molecule has 1 saturated heterocycles. The molecule has 4 aromatic rings. The molecular weight excluding hydrogens is 457 g/mol. The molecule has 1 fully saturated rings. The van der Waals surface area contributed by atoms with Gasteiger partial charge in [0.1, 0.15) is 17.3 Å². The van der Waals surface area contributed by atoms with Crippen molar-refractivity contribution in [3.63, 3.8) is 0 Å². The highest BCUT2D eigenvalue weighted by atomic mass is 32.2. The first-order valence-corrected chi connectivity index (χ1v) is 13.5. The number of aromatic nitrogens is 3. The van der Waals surface area contributed by atoms with Gasteiger partial charge in [0, 0.05) is 65.0 Å². The quantitative estimate of drug-likeness (QED) is 0.424. The number of hydrogen-bond donors (Lipinski definition) is 1. The van der Waals surface area contributed by atoms with Crippen LogP contribution in [0.2, 0.25) is 0 Å². The van der Waals surface area contributed by atoms with Crippen molar-refractivity contribution in [3.8, 4) is 17.1 Å². The second-order valence-electron chi connectivity index (χ2n) is 8.18. The molecule has 0 amide bonds. The molecule has 9 heteroatoms. The van der Waals surface area contributed by atoms with Crippen LogP contribution in [-0.2, 0) is 17.2 Å². The van der Waals surface area contributed by atoms with Gasteiger partial charge < -0.3 is 10.2 Å². The van der Waals surface area contributed by atoms with Crippen LogP contribution in [0.5, 0.6) is 0 Å². The molecule has 0 saturated carbocycles. The van der Waals surface area contributed by atoms with Gasteiger partial charge in [0.25, 0.3) is 0 Å². The van der Waals surface area contributed by atoms with Crippen molar-refractivity contribution in [2.24, 2.45) is 0 Å². The van der Waals surface area contributed by atoms with Crippen LogP contribution in [-0.4, -0.2) is 61.8 Å². The fourth-order valence-corrected chi connectivity index (χ4v) is 5.95. The predicted molar refractivity (Wildman–Crippen MR) is 134 cm³/mol. The lowest BCUT2D eigenvalue weighted by atomic mass is 10.1. The van der Waals surface area contributed by atoms with Gasteiger partial charge in [-0.1, -0.05) is 6.07 Å². The van der Waals surface area contributed by atoms with Gasteiger partial charge in [-0.25, -0.2) is 14.4 Å². The molecule has 0 aliphatic carbocycles. The number of nitrogens with zero attached hydrogens (tertiary/aromatic N) is 4. The number of aryl methyl sites for hydroxylation is 1. The third kappa shape index (κ3) is 4.71. The fraction of sp³-hybridized carbons (Fsp3) is 0.333. The Morgan fingerprint density at radius 2 is 2.06 bits per heavy atom. The zero-order chi connectivity index (χ0) is 22.8. The number of thiazole rings is 1. The molecule has 0 atom stereocenters. The van der Waals surface area contributed by atoms with E-state index in [4.69, 9.17) is 4.98 Å². The van der Waals surface area contributed by atoms with E-state index in [9.17, 15) is 8.60 Å². The summed E-state index contributed by atoms with van der Waals surface area (Å²) in [5.74, 6) is 2.11. The molecule has 3 aromatic heterocycles. The van der Waals surface area contributed by atoms with Gasteiger partial charge in [0.05, 0.1) is 16.9 Å². The number of benzene rings is 1. The van der Waals surface area contributed by atoms with Crippen LogP contribution >= 0.6 is 11.3 Å². The van der Waals surface area contributed by atoms with Crippen molar-refractivity contribution in [1.82, 2.24) is 19.4 Å². The highest BCUT2D eigenvalue weighted by molar-refractivity contribution is 7.85. The van der Waals surface area contributed by atoms with Crippen LogP contribution in [0.25, 0.3) is 28.1 Å². The lowest BCUT2D eigenvalue weighted by Crippen LogP contribution is -2.38. The average molecular weight is 484 g/mol. The summed E-state index contributed by atoms with van der Waals surface area (Å²) in [6.45, 7) is 2.84. The lowest BCUT2D eigenvalue weighted by Gasteiger charge is -2.25. The third-order valence-corrected chi connectivity index (χ3v) is 7.98. The summed E-state index contributed by atoms with van der Waals surface area (Å²) < 4.78 is 28.0. The van der Waals surface area contributed by atoms with Crippen molar-refractivity contribution in [2.75, 3.05) is 43.5 Å². The van der Waals surface area contributed by atoms with Crippen LogP contribution < -0.4 is 5.32 Å². The van der Waals surface area contributed by atoms with Gasteiger partial charge in [0.2, 0.25) is 0 Å². The number of anilines is 1. The maximum Gasteiger partial charge on any atom is 0.149 e. The van der Waals surface area contributed by atoms with E-state index in [0.717, 1.165) is 72.1 Å². The molecule has 1 N–H and O–H groups in total. The van der Waals surface area contributed by atoms with E-state index >= 15 is 0 Å². The van der Waals surface area contributed by atoms with Crippen LogP contribution in [0.1, 0.15) is 12.0 Å². The number of rotatable bonds is 7. The van der Waals surface area contributed by atoms with E-state index in [1.54, 1.807) is 24.5 Å². The van der Waals surface area contributed by atoms with Crippen molar-refractivity contribution >= 4 is 38.9 Å². The highest BCUT2D eigenvalue weighted by Gasteiger charge is 2.17. The van der Waals surface area contributed by atoms with Gasteiger partial charge in [-0.15, -0.1) is 11.3 Å². The van der Waals surface area contributed by atoms with E-state index in [0.29, 0.717) is 5.69 Å². The van der Waals surface area contributed by atoms with E-state index in [-0.39, 0.29) is 5.82 Å². The smallest absolute Gasteiger partial charge is 0.149 e. The monoisotopic (exact) mass is 483 g/mol. The number of halogens is 1. The minimum atomic E-state index is -0.643. The predicted octanol–water partition coefficient (Wildman–Crippen LogP) is 4.33. The highest BCUT2D eigenvalue weighted by Crippen LogP contribution is 2.29. The second-order valence-corrected chi connectivity index (χ2v) is 10.6. The van der Waals surface area contributed by atoms with E-state index in [1.165, 1.54) is 11.6 Å². The summed E-state index contributed by atoms with van der Waals surface area (Å²) in [7, 11) is 1.06. The molecule has 1 aromatic carbocycles. The second kappa shape index (κ2) is 9.70. The fourth-order valence-electron chi connectivity index (χ4n) is 4.30. The molecule has 6 nitrogen and oxygen atoms in total. The summed E-state index contributed by atoms with van der Waals surface area (Å²) in [5, 5.41) is 5.96. The van der Waals surface area contributed by atoms with Crippen molar-refractivity contribution < 1.29 is 8.60 Å². The normalized spacial score (nSPS) is 15.3. The SMILES string of the molecule is CNc1ccc(-c2ccc3c(CCCN4CCS(=O)CC4)cn(-c4cscn4)c3n2)cc1F. The molecule has 0 radical (unpaired) electrons. The average Bonchev–Trinajstić information content (AvgIpc) is 3.48. The summed E-state index contributed by atoms with van der Waals surface area (Å²) in [4.78, 5) is 11.8. The van der Waals surface area contributed by atoms with Crippen LogP contribution in [0.4, 0.5) is 10.1 Å². The summed E-state index contributed by atoms with van der Waals surface area (Å²) in [6.07, 6.45) is 4.09. The Balaban J connectivity index is 1.44. The first kappa shape index (κ1) is 22.2. The first-order valence-electron chi connectivity index (χ1n) is 11.1. The van der Waals surface area contributed by atoms with Crippen molar-refractivity contribution in [1.29, 1.82) is 0 Å². The Bertz CT molecular complexity index is 1280. The number of fused-ring (bicyclic) bond motifs is 1. The maximum absolute atomic E-state index is 14.3. The van der Waals surface area contributed by atoms with Crippen LogP contribution in [0.15, 0.2) is 47.4 Å². The topological polar surface area (TPSA) is 63.1 Å². The number of nitrogens with one attached hydrogen (secondary N) is 1. The van der Waals surface area contributed by atoms with Crippen molar-refractivity contribution in [2.45, 2.75) is 12.8 Å². The van der Waals surface area contributed by atoms with Crippen molar-refractivity contribution in [3.05, 3.63) is 58.8 Å². The first-order chi connectivity index (χ1) is 16.1. The molecular formula is C24H26FN5OS2. The maximum atomic E-state index is 14.3. The molecule has 1 aliphatic heterocycles. The Morgan fingerprint density at radius 1 is 1.21 bits per heavy atom. The minimum Gasteiger partial charge on any atom is -0.386 e. The Kier molecular flexibility index (Phi) is 6.52. The lowest BCUT2D eigenvalue weighted by molar-refractivity contribution is 0.296. The number of hydrogen-bond acceptors (Lipinski definition) is 6. The van der Waals surface area contributed by atoms with Gasteiger partial charge >= 0.3 is 0 Å². The van der Waals surface area contributed by atoms with Crippen LogP contribution in [0.3, 0.4) is 0 Å². The third-order valence-electron chi connectivity index (χ3n) is 6.13. The van der Waals surface area contributed by atoms with Gasteiger partial charge in [0.15, 0.2) is 0 Å². The Labute approximate surface area is 198 Å². The molecule has 5 rings (SSSR count). The largest absolute Gasteiger partial charge is 0.386 e. The molecule has 1 aliphatic rings. The molecule has 0 spiro atoms. The zero-order valence-electron chi connectivity index (χ0n) is 18.5. The standard InChI is InChI=1S/C24H26FN5OS2/c1-26-22-6-4-17(13-20(22)25)21-7-5-19-18(3-2-8-29-9-11-33(31)12-10-29)14-30(24(19)28-21)23-15-32-16-27-23/h4-7,13-16,26H,2-3,8-12H2,1H3. The van der Waals surface area contributed by atoms with Gasteiger partial charge in [-0.05, 0) is 49.2 Å². The molecule has 0 unspecified atom stereocenters. The minimum absolute atomic E-state index is 0.297. The summed E-state index contributed by atoms with van der Waals surface area (Å²) in [5.41, 5.74) is 5.81. The van der Waals surface area contributed by atoms with E-state index in [1.807, 2.05) is 27.6 Å². The Morgan fingerprint density at radius 3 is 2.79 bits per heavy atom. The zero-order valence-corrected chi connectivity index (χ0v) is 20.1. The van der Waals surface area contributed by atoms with Gasteiger partial charge in [-0.3, -0.25) is 8.78 Å². The van der Waals surface area contributed by atoms with Gasteiger partial charge in [-0.2, -0.15) is 0 Å². The summed E-state index contributed by atoms with van der Waals surface area (Å²) >= 11 is 1.55. The number of pyridine rings is 1. The van der Waals surface area contributed by atoms with E-state index in [2.05, 4.69) is 27.5 Å². The Hall–Kier alpha value is -2.62. The van der Waals surface area contributed by atoms with Crippen LogP contribution in [0, 0.1) is 5.82 Å². The molecule has 4 heterocycles. The molecule has 33 heavy (non-hydrogen) atoms. The molecule has 0 bridgehead atoms. The molecule has 172 valence electrons.